The number of fused-ring (bicyclic) bond motifs is 1. The number of piperidine rings is 1. The fraction of sp³-hybridized carbons (Fsp3) is 0.500. The van der Waals surface area contributed by atoms with Crippen molar-refractivity contribution >= 4 is 41.6 Å². The van der Waals surface area contributed by atoms with Crippen LogP contribution in [0.2, 0.25) is 0 Å². The zero-order valence-electron chi connectivity index (χ0n) is 15.2. The molecule has 0 unspecified atom stereocenters. The molecule has 7 nitrogen and oxygen atoms in total. The highest BCUT2D eigenvalue weighted by molar-refractivity contribution is 14.0. The summed E-state index contributed by atoms with van der Waals surface area (Å²) in [6.07, 6.45) is 6.50. The first-order valence-electron chi connectivity index (χ1n) is 8.67. The van der Waals surface area contributed by atoms with E-state index >= 15 is 0 Å². The maximum absolute atomic E-state index is 11.6. The fourth-order valence-corrected chi connectivity index (χ4v) is 3.24. The van der Waals surface area contributed by atoms with Gasteiger partial charge in [-0.15, -0.1) is 24.0 Å². The van der Waals surface area contributed by atoms with Crippen LogP contribution in [-0.2, 0) is 16.0 Å². The molecule has 0 bridgehead atoms. The Kier molecular flexibility index (Phi) is 7.67. The Morgan fingerprint density at radius 3 is 2.81 bits per heavy atom. The van der Waals surface area contributed by atoms with Crippen LogP contribution in [0, 0.1) is 5.92 Å². The van der Waals surface area contributed by atoms with Crippen LogP contribution in [-0.4, -0.2) is 60.0 Å². The molecule has 2 aromatic rings. The van der Waals surface area contributed by atoms with Crippen LogP contribution in [0.25, 0.3) is 5.65 Å². The third kappa shape index (κ3) is 4.87. The number of carbonyl (C=O) groups is 1. The van der Waals surface area contributed by atoms with Crippen molar-refractivity contribution in [2.24, 2.45) is 10.9 Å². The van der Waals surface area contributed by atoms with Crippen molar-refractivity contribution in [2.45, 2.75) is 19.3 Å². The van der Waals surface area contributed by atoms with Crippen molar-refractivity contribution in [3.05, 3.63) is 36.3 Å². The Hall–Kier alpha value is -1.84. The molecule has 0 atom stereocenters. The zero-order valence-corrected chi connectivity index (χ0v) is 17.6. The quantitative estimate of drug-likeness (QED) is 0.320. The van der Waals surface area contributed by atoms with Gasteiger partial charge in [0.25, 0.3) is 0 Å². The molecule has 1 fully saturated rings. The van der Waals surface area contributed by atoms with Gasteiger partial charge >= 0.3 is 5.97 Å². The smallest absolute Gasteiger partial charge is 0.308 e. The molecule has 1 aliphatic rings. The number of esters is 1. The number of carbonyl (C=O) groups excluding carboxylic acids is 1. The molecule has 26 heavy (non-hydrogen) atoms. The maximum atomic E-state index is 11.6. The molecular formula is C18H26IN5O2. The highest BCUT2D eigenvalue weighted by Crippen LogP contribution is 2.18. The monoisotopic (exact) mass is 471 g/mol. The van der Waals surface area contributed by atoms with E-state index in [4.69, 9.17) is 4.74 Å². The van der Waals surface area contributed by atoms with Gasteiger partial charge in [-0.3, -0.25) is 9.79 Å². The predicted octanol–water partition coefficient (Wildman–Crippen LogP) is 1.96. The number of aliphatic imine (C=N–C) groups is 1. The molecule has 0 amide bonds. The number of halogens is 1. The molecule has 3 heterocycles. The Morgan fingerprint density at radius 1 is 1.38 bits per heavy atom. The van der Waals surface area contributed by atoms with Crippen molar-refractivity contribution in [1.82, 2.24) is 19.6 Å². The van der Waals surface area contributed by atoms with E-state index in [1.165, 1.54) is 7.11 Å². The molecule has 142 valence electrons. The molecule has 0 spiro atoms. The van der Waals surface area contributed by atoms with E-state index in [-0.39, 0.29) is 35.9 Å². The largest absolute Gasteiger partial charge is 0.469 e. The number of imidazole rings is 1. The normalized spacial score (nSPS) is 15.6. The number of aromatic nitrogens is 2. The first-order chi connectivity index (χ1) is 12.2. The van der Waals surface area contributed by atoms with Crippen LogP contribution in [0.4, 0.5) is 0 Å². The minimum absolute atomic E-state index is 0. The van der Waals surface area contributed by atoms with Crippen LogP contribution in [0.3, 0.4) is 0 Å². The molecule has 2 aromatic heterocycles. The van der Waals surface area contributed by atoms with Gasteiger partial charge in [-0.05, 0) is 25.0 Å². The minimum atomic E-state index is -0.102. The molecule has 0 saturated carbocycles. The van der Waals surface area contributed by atoms with E-state index in [9.17, 15) is 4.79 Å². The van der Waals surface area contributed by atoms with E-state index < -0.39 is 0 Å². The average molecular weight is 471 g/mol. The summed E-state index contributed by atoms with van der Waals surface area (Å²) in [5.41, 5.74) is 2.02. The number of rotatable bonds is 4. The second-order valence-electron chi connectivity index (χ2n) is 6.21. The Labute approximate surface area is 170 Å². The summed E-state index contributed by atoms with van der Waals surface area (Å²) < 4.78 is 6.87. The van der Waals surface area contributed by atoms with Gasteiger partial charge in [0.2, 0.25) is 0 Å². The molecule has 1 N–H and O–H groups in total. The summed E-state index contributed by atoms with van der Waals surface area (Å²) in [5.74, 6) is 0.791. The topological polar surface area (TPSA) is 71.2 Å². The summed E-state index contributed by atoms with van der Waals surface area (Å²) in [7, 11) is 3.24. The number of hydrogen-bond donors (Lipinski definition) is 1. The minimum Gasteiger partial charge on any atom is -0.469 e. The summed E-state index contributed by atoms with van der Waals surface area (Å²) in [6.45, 7) is 2.40. The lowest BCUT2D eigenvalue weighted by Gasteiger charge is -2.33. The lowest BCUT2D eigenvalue weighted by molar-refractivity contribution is -0.146. The average Bonchev–Trinajstić information content (AvgIpc) is 3.07. The number of methoxy groups -OCH3 is 1. The molecular weight excluding hydrogens is 445 g/mol. The summed E-state index contributed by atoms with van der Waals surface area (Å²) in [4.78, 5) is 22.8. The van der Waals surface area contributed by atoms with E-state index in [2.05, 4.69) is 26.4 Å². The molecule has 8 heteroatoms. The van der Waals surface area contributed by atoms with E-state index in [1.807, 2.05) is 28.8 Å². The van der Waals surface area contributed by atoms with Gasteiger partial charge in [0, 0.05) is 45.5 Å². The first kappa shape index (κ1) is 20.5. The second kappa shape index (κ2) is 9.75. The van der Waals surface area contributed by atoms with Crippen LogP contribution in [0.5, 0.6) is 0 Å². The fourth-order valence-electron chi connectivity index (χ4n) is 3.24. The van der Waals surface area contributed by atoms with Crippen molar-refractivity contribution in [1.29, 1.82) is 0 Å². The maximum Gasteiger partial charge on any atom is 0.308 e. The van der Waals surface area contributed by atoms with Gasteiger partial charge in [-0.25, -0.2) is 4.98 Å². The Bertz CT molecular complexity index is 720. The third-order valence-electron chi connectivity index (χ3n) is 4.62. The first-order valence-corrected chi connectivity index (χ1v) is 8.67. The van der Waals surface area contributed by atoms with Crippen molar-refractivity contribution in [3.8, 4) is 0 Å². The van der Waals surface area contributed by atoms with E-state index in [0.717, 1.165) is 56.2 Å². The number of nitrogens with one attached hydrogen (secondary N) is 1. The lowest BCUT2D eigenvalue weighted by Crippen LogP contribution is -2.47. The molecule has 1 saturated heterocycles. The van der Waals surface area contributed by atoms with Crippen molar-refractivity contribution in [2.75, 3.05) is 33.8 Å². The molecule has 0 aromatic carbocycles. The Morgan fingerprint density at radius 2 is 2.15 bits per heavy atom. The van der Waals surface area contributed by atoms with Crippen LogP contribution < -0.4 is 5.32 Å². The molecule has 0 aliphatic carbocycles. The second-order valence-corrected chi connectivity index (χ2v) is 6.21. The van der Waals surface area contributed by atoms with E-state index in [0.29, 0.717) is 0 Å². The number of likely N-dealkylation sites (tertiary alicyclic amines) is 1. The van der Waals surface area contributed by atoms with Gasteiger partial charge in [0.1, 0.15) is 5.65 Å². The molecule has 3 rings (SSSR count). The SMILES string of the molecule is CN=C(NCCc1cn2ccccc2n1)N1CCC(C(=O)OC)CC1.I. The van der Waals surface area contributed by atoms with Crippen LogP contribution in [0.15, 0.2) is 35.6 Å². The highest BCUT2D eigenvalue weighted by Gasteiger charge is 2.26. The van der Waals surface area contributed by atoms with E-state index in [1.54, 1.807) is 7.05 Å². The van der Waals surface area contributed by atoms with Crippen molar-refractivity contribution < 1.29 is 9.53 Å². The van der Waals surface area contributed by atoms with Gasteiger partial charge in [0.15, 0.2) is 5.96 Å². The van der Waals surface area contributed by atoms with Crippen molar-refractivity contribution in [3.63, 3.8) is 0 Å². The zero-order chi connectivity index (χ0) is 17.6. The van der Waals surface area contributed by atoms with Crippen LogP contribution in [0.1, 0.15) is 18.5 Å². The molecule has 1 aliphatic heterocycles. The van der Waals surface area contributed by atoms with Crippen LogP contribution >= 0.6 is 24.0 Å². The number of hydrogen-bond acceptors (Lipinski definition) is 4. The van der Waals surface area contributed by atoms with Gasteiger partial charge in [-0.2, -0.15) is 0 Å². The number of nitrogens with zero attached hydrogens (tertiary/aromatic N) is 4. The van der Waals surface area contributed by atoms with Gasteiger partial charge in [-0.1, -0.05) is 6.07 Å². The highest BCUT2D eigenvalue weighted by atomic mass is 127. The predicted molar refractivity (Wildman–Crippen MR) is 112 cm³/mol. The van der Waals surface area contributed by atoms with Gasteiger partial charge in [0.05, 0.1) is 18.7 Å². The van der Waals surface area contributed by atoms with Gasteiger partial charge < -0.3 is 19.4 Å². The summed E-state index contributed by atoms with van der Waals surface area (Å²) in [5, 5.41) is 3.40. The third-order valence-corrected chi connectivity index (χ3v) is 4.62. The number of guanidine groups is 1. The standard InChI is InChI=1S/C18H25N5O2.HI/c1-19-18(22-11-7-14(8-12-22)17(24)25-2)20-9-6-15-13-23-10-4-3-5-16(23)21-15;/h3-5,10,13-14H,6-9,11-12H2,1-2H3,(H,19,20);1H. The summed E-state index contributed by atoms with van der Waals surface area (Å²) >= 11 is 0. The summed E-state index contributed by atoms with van der Waals surface area (Å²) in [6, 6.07) is 5.99. The number of ether oxygens (including phenoxy) is 1. The molecule has 0 radical (unpaired) electrons. The Balaban J connectivity index is 0.00000243. The lowest BCUT2D eigenvalue weighted by atomic mass is 9.97. The number of pyridine rings is 1.